The minimum atomic E-state index is -1.43. The molecule has 0 aromatic heterocycles. The predicted octanol–water partition coefficient (Wildman–Crippen LogP) is -2.77. The molecule has 13 heteroatoms. The molecule has 0 fully saturated rings. The first-order valence-corrected chi connectivity index (χ1v) is 8.23. The van der Waals surface area contributed by atoms with Crippen LogP contribution >= 0.6 is 0 Å². The van der Waals surface area contributed by atoms with Crippen molar-refractivity contribution in [1.29, 1.82) is 0 Å². The van der Waals surface area contributed by atoms with Crippen LogP contribution in [0.3, 0.4) is 0 Å². The second-order valence-electron chi connectivity index (χ2n) is 5.88. The number of rotatable bonds is 13. The van der Waals surface area contributed by atoms with Gasteiger partial charge in [0, 0.05) is 12.8 Å². The molecule has 0 saturated carbocycles. The van der Waals surface area contributed by atoms with Crippen LogP contribution in [0.15, 0.2) is 0 Å². The van der Waals surface area contributed by atoms with E-state index in [0.717, 1.165) is 0 Å². The molecule has 28 heavy (non-hydrogen) atoms. The van der Waals surface area contributed by atoms with Crippen molar-refractivity contribution in [3.63, 3.8) is 0 Å². The van der Waals surface area contributed by atoms with E-state index in [2.05, 4.69) is 16.0 Å². The van der Waals surface area contributed by atoms with Crippen LogP contribution in [-0.4, -0.2) is 75.6 Å². The van der Waals surface area contributed by atoms with E-state index in [1.807, 2.05) is 0 Å². The number of carboxylic acids is 3. The highest BCUT2D eigenvalue weighted by Gasteiger charge is 2.23. The molecule has 0 rings (SSSR count). The zero-order chi connectivity index (χ0) is 21.9. The van der Waals surface area contributed by atoms with Crippen LogP contribution in [0.25, 0.3) is 0 Å². The summed E-state index contributed by atoms with van der Waals surface area (Å²) in [6.07, 6.45) is -1.23. The van der Waals surface area contributed by atoms with Crippen LogP contribution in [0.1, 0.15) is 32.6 Å². The van der Waals surface area contributed by atoms with E-state index in [9.17, 15) is 28.8 Å². The van der Waals surface area contributed by atoms with Crippen molar-refractivity contribution in [2.75, 3.05) is 6.54 Å². The summed E-state index contributed by atoms with van der Waals surface area (Å²) in [4.78, 5) is 67.2. The third-order valence-corrected chi connectivity index (χ3v) is 3.46. The van der Waals surface area contributed by atoms with Gasteiger partial charge >= 0.3 is 17.9 Å². The van der Waals surface area contributed by atoms with Crippen LogP contribution in [0, 0.1) is 0 Å². The number of aliphatic carboxylic acids is 3. The van der Waals surface area contributed by atoms with Gasteiger partial charge in [-0.15, -0.1) is 0 Å². The topological polar surface area (TPSA) is 225 Å². The van der Waals surface area contributed by atoms with Crippen LogP contribution in [0.2, 0.25) is 0 Å². The van der Waals surface area contributed by atoms with Crippen molar-refractivity contribution in [2.45, 2.75) is 50.7 Å². The summed E-state index contributed by atoms with van der Waals surface area (Å²) in [7, 11) is 0. The predicted molar refractivity (Wildman–Crippen MR) is 91.9 cm³/mol. The molecule has 0 saturated heterocycles. The Balaban J connectivity index is 4.40. The van der Waals surface area contributed by atoms with Gasteiger partial charge in [-0.25, -0.2) is 4.79 Å². The van der Waals surface area contributed by atoms with Gasteiger partial charge in [0.2, 0.25) is 17.7 Å². The van der Waals surface area contributed by atoms with E-state index in [0.29, 0.717) is 0 Å². The van der Waals surface area contributed by atoms with Gasteiger partial charge in [0.25, 0.3) is 0 Å². The Kier molecular flexibility index (Phi) is 10.8. The highest BCUT2D eigenvalue weighted by atomic mass is 16.4. The molecule has 0 heterocycles. The van der Waals surface area contributed by atoms with Crippen molar-refractivity contribution in [3.05, 3.63) is 0 Å². The van der Waals surface area contributed by atoms with E-state index in [4.69, 9.17) is 21.1 Å². The Morgan fingerprint density at radius 3 is 1.89 bits per heavy atom. The van der Waals surface area contributed by atoms with Gasteiger partial charge in [-0.05, 0) is 19.8 Å². The molecule has 0 radical (unpaired) electrons. The number of carbonyl (C=O) groups is 6. The van der Waals surface area contributed by atoms with Gasteiger partial charge in [0.15, 0.2) is 0 Å². The van der Waals surface area contributed by atoms with E-state index in [1.54, 1.807) is 0 Å². The normalized spacial score (nSPS) is 13.5. The standard InChI is InChI=1S/C15H24N4O9/c1-7(18-14(26)8(16)2-4-11(21)22)13(25)17-6-10(20)19-9(15(27)28)3-5-12(23)24/h7-9H,2-6,16H2,1H3,(H,17,25)(H,18,26)(H,19,20)(H,21,22)(H,23,24)(H,27,28). The minimum Gasteiger partial charge on any atom is -0.481 e. The molecule has 0 aromatic rings. The Bertz CT molecular complexity index is 623. The fourth-order valence-corrected chi connectivity index (χ4v) is 1.89. The summed E-state index contributed by atoms with van der Waals surface area (Å²) >= 11 is 0. The van der Waals surface area contributed by atoms with Crippen LogP contribution in [-0.2, 0) is 28.8 Å². The Morgan fingerprint density at radius 1 is 0.857 bits per heavy atom. The number of carbonyl (C=O) groups excluding carboxylic acids is 3. The maximum atomic E-state index is 11.9. The zero-order valence-electron chi connectivity index (χ0n) is 15.1. The van der Waals surface area contributed by atoms with Crippen molar-refractivity contribution in [2.24, 2.45) is 5.73 Å². The monoisotopic (exact) mass is 404 g/mol. The lowest BCUT2D eigenvalue weighted by Crippen LogP contribution is -2.52. The van der Waals surface area contributed by atoms with Crippen LogP contribution in [0.5, 0.6) is 0 Å². The molecule has 3 amide bonds. The summed E-state index contributed by atoms with van der Waals surface area (Å²) < 4.78 is 0. The lowest BCUT2D eigenvalue weighted by Gasteiger charge is -2.18. The van der Waals surface area contributed by atoms with Crippen LogP contribution in [0.4, 0.5) is 0 Å². The van der Waals surface area contributed by atoms with Crippen molar-refractivity contribution < 1.29 is 44.1 Å². The largest absolute Gasteiger partial charge is 0.481 e. The molecule has 13 nitrogen and oxygen atoms in total. The fraction of sp³-hybridized carbons (Fsp3) is 0.600. The summed E-state index contributed by atoms with van der Waals surface area (Å²) in [5.74, 6) is -6.12. The van der Waals surface area contributed by atoms with Crippen molar-refractivity contribution in [3.8, 4) is 0 Å². The minimum absolute atomic E-state index is 0.120. The van der Waals surface area contributed by atoms with Crippen LogP contribution < -0.4 is 21.7 Å². The second-order valence-corrected chi connectivity index (χ2v) is 5.88. The molecule has 3 unspecified atom stereocenters. The molecule has 8 N–H and O–H groups in total. The molecule has 0 aliphatic rings. The molecule has 0 spiro atoms. The third kappa shape index (κ3) is 10.7. The van der Waals surface area contributed by atoms with Crippen molar-refractivity contribution >= 4 is 35.6 Å². The molecule has 0 aromatic carbocycles. The highest BCUT2D eigenvalue weighted by molar-refractivity contribution is 5.92. The third-order valence-electron chi connectivity index (χ3n) is 3.46. The maximum Gasteiger partial charge on any atom is 0.326 e. The molecule has 0 aliphatic carbocycles. The van der Waals surface area contributed by atoms with Gasteiger partial charge in [-0.3, -0.25) is 24.0 Å². The van der Waals surface area contributed by atoms with Gasteiger partial charge in [-0.2, -0.15) is 0 Å². The molecular formula is C15H24N4O9. The lowest BCUT2D eigenvalue weighted by atomic mass is 10.1. The molecule has 158 valence electrons. The van der Waals surface area contributed by atoms with E-state index >= 15 is 0 Å². The molecule has 0 aliphatic heterocycles. The summed E-state index contributed by atoms with van der Waals surface area (Å²) in [6.45, 7) is 0.711. The van der Waals surface area contributed by atoms with E-state index in [-0.39, 0.29) is 19.3 Å². The second kappa shape index (κ2) is 12.2. The quantitative estimate of drug-likeness (QED) is 0.167. The smallest absolute Gasteiger partial charge is 0.326 e. The van der Waals surface area contributed by atoms with Crippen molar-refractivity contribution in [1.82, 2.24) is 16.0 Å². The van der Waals surface area contributed by atoms with E-state index in [1.165, 1.54) is 6.92 Å². The SMILES string of the molecule is CC(NC(=O)C(N)CCC(=O)O)C(=O)NCC(=O)NC(CCC(=O)O)C(=O)O. The summed E-state index contributed by atoms with van der Waals surface area (Å²) in [6, 6.07) is -3.64. The number of nitrogens with two attached hydrogens (primary N) is 1. The Hall–Kier alpha value is -3.22. The first-order chi connectivity index (χ1) is 12.9. The number of nitrogens with one attached hydrogen (secondary N) is 3. The number of carboxylic acid groups (broad SMARTS) is 3. The number of hydrogen-bond acceptors (Lipinski definition) is 7. The first-order valence-electron chi connectivity index (χ1n) is 8.23. The van der Waals surface area contributed by atoms with E-state index < -0.39 is 66.7 Å². The average Bonchev–Trinajstić information content (AvgIpc) is 2.60. The van der Waals surface area contributed by atoms with Gasteiger partial charge in [-0.1, -0.05) is 0 Å². The summed E-state index contributed by atoms with van der Waals surface area (Å²) in [5, 5.41) is 32.5. The fourth-order valence-electron chi connectivity index (χ4n) is 1.89. The maximum absolute atomic E-state index is 11.9. The Labute approximate surface area is 159 Å². The number of hydrogen-bond donors (Lipinski definition) is 7. The molecular weight excluding hydrogens is 380 g/mol. The molecule has 3 atom stereocenters. The number of amides is 3. The first kappa shape index (κ1) is 24.8. The lowest BCUT2D eigenvalue weighted by molar-refractivity contribution is -0.143. The molecule has 0 bridgehead atoms. The van der Waals surface area contributed by atoms with Gasteiger partial charge in [0.1, 0.15) is 12.1 Å². The van der Waals surface area contributed by atoms with Gasteiger partial charge < -0.3 is 37.0 Å². The van der Waals surface area contributed by atoms with Gasteiger partial charge in [0.05, 0.1) is 12.6 Å². The highest BCUT2D eigenvalue weighted by Crippen LogP contribution is 1.98. The summed E-state index contributed by atoms with van der Waals surface area (Å²) in [5.41, 5.74) is 5.50. The zero-order valence-corrected chi connectivity index (χ0v) is 15.1. The average molecular weight is 404 g/mol. The Morgan fingerprint density at radius 2 is 1.39 bits per heavy atom.